The van der Waals surface area contributed by atoms with E-state index in [1.54, 1.807) is 44.4 Å². The lowest BCUT2D eigenvalue weighted by molar-refractivity contribution is -0.151. The molecule has 2 saturated carbocycles. The van der Waals surface area contributed by atoms with Crippen LogP contribution in [0.25, 0.3) is 0 Å². The van der Waals surface area contributed by atoms with Gasteiger partial charge in [0.15, 0.2) is 18.3 Å². The summed E-state index contributed by atoms with van der Waals surface area (Å²) in [5.74, 6) is 0.121. The highest BCUT2D eigenvalue weighted by Crippen LogP contribution is 2.32. The van der Waals surface area contributed by atoms with E-state index >= 15 is 0 Å². The molecule has 3 heterocycles. The number of ether oxygens (including phenoxy) is 5. The number of methoxy groups -OCH3 is 2. The van der Waals surface area contributed by atoms with Gasteiger partial charge in [-0.05, 0) is 61.8 Å². The van der Waals surface area contributed by atoms with Gasteiger partial charge in [-0.2, -0.15) is 0 Å². The highest BCUT2D eigenvalue weighted by atomic mass is 35.5. The van der Waals surface area contributed by atoms with Crippen LogP contribution in [-0.2, 0) is 33.4 Å². The van der Waals surface area contributed by atoms with Gasteiger partial charge in [0.25, 0.3) is 11.8 Å². The minimum absolute atomic E-state index is 0. The van der Waals surface area contributed by atoms with Gasteiger partial charge < -0.3 is 70.1 Å². The molecule has 18 nitrogen and oxygen atoms in total. The second kappa shape index (κ2) is 25.3. The smallest absolute Gasteiger partial charge is 0.338 e. The number of carbonyl (C=O) groups is 4. The minimum atomic E-state index is -1.71. The molecule has 19 heteroatoms. The molecule has 2 aliphatic carbocycles. The topological polar surface area (TPSA) is 260 Å². The van der Waals surface area contributed by atoms with E-state index in [1.165, 1.54) is 42.9 Å². The van der Waals surface area contributed by atoms with Gasteiger partial charge in [0.2, 0.25) is 5.91 Å². The molecule has 8 N–H and O–H groups in total. The van der Waals surface area contributed by atoms with Crippen molar-refractivity contribution in [3.05, 3.63) is 72.8 Å². The van der Waals surface area contributed by atoms with E-state index in [9.17, 15) is 44.7 Å². The molecule has 10 atom stereocenters. The predicted molar refractivity (Wildman–Crippen MR) is 242 cm³/mol. The quantitative estimate of drug-likeness (QED) is 0.118. The molecule has 0 unspecified atom stereocenters. The number of anilines is 2. The number of nitrogens with one attached hydrogen (secondary N) is 1. The molecule has 3 amide bonds. The van der Waals surface area contributed by atoms with Crippen LogP contribution in [0.5, 0.6) is 11.5 Å². The number of rotatable bonds is 12. The first kappa shape index (κ1) is 53.0. The molecule has 0 bridgehead atoms. The largest absolute Gasteiger partial charge is 0.489 e. The van der Waals surface area contributed by atoms with Crippen molar-refractivity contribution in [2.45, 2.75) is 112 Å². The summed E-state index contributed by atoms with van der Waals surface area (Å²) >= 11 is 0. The zero-order chi connectivity index (χ0) is 46.5. The van der Waals surface area contributed by atoms with Crippen LogP contribution in [0.15, 0.2) is 72.8 Å². The number of nitrogens with two attached hydrogens (primary N) is 1. The summed E-state index contributed by atoms with van der Waals surface area (Å²) < 4.78 is 25.9. The average Bonchev–Trinajstić information content (AvgIpc) is 4.07. The van der Waals surface area contributed by atoms with Crippen LogP contribution in [0.2, 0.25) is 0 Å². The van der Waals surface area contributed by atoms with E-state index < -0.39 is 78.7 Å². The van der Waals surface area contributed by atoms with Crippen molar-refractivity contribution in [2.24, 2.45) is 17.6 Å². The lowest BCUT2D eigenvalue weighted by atomic mass is 9.99. The van der Waals surface area contributed by atoms with Crippen LogP contribution in [0.1, 0.15) is 51.4 Å². The number of benzene rings is 2. The first-order valence-corrected chi connectivity index (χ1v) is 21.7. The highest BCUT2D eigenvalue weighted by molar-refractivity contribution is 6.01. The van der Waals surface area contributed by atoms with Gasteiger partial charge in [0, 0.05) is 28.3 Å². The zero-order valence-corrected chi connectivity index (χ0v) is 38.0. The van der Waals surface area contributed by atoms with Gasteiger partial charge in [-0.25, -0.2) is 4.79 Å². The Labute approximate surface area is 385 Å². The normalized spacial score (nSPS) is 25.8. The number of allylic oxidation sites excluding steroid dienone is 2. The zero-order valence-electron chi connectivity index (χ0n) is 37.2. The molecule has 65 heavy (non-hydrogen) atoms. The van der Waals surface area contributed by atoms with Crippen LogP contribution in [-0.4, -0.2) is 152 Å². The first-order valence-electron chi connectivity index (χ1n) is 21.7. The number of hydrogen-bond donors (Lipinski definition) is 7. The van der Waals surface area contributed by atoms with Crippen LogP contribution < -0.4 is 30.3 Å². The Bertz CT molecular complexity index is 1930. The summed E-state index contributed by atoms with van der Waals surface area (Å²) in [7, 11) is 5.82. The van der Waals surface area contributed by atoms with Gasteiger partial charge in [0.1, 0.15) is 67.3 Å². The maximum Gasteiger partial charge on any atom is 0.338 e. The van der Waals surface area contributed by atoms with Crippen molar-refractivity contribution in [3.63, 3.8) is 0 Å². The third-order valence-corrected chi connectivity index (χ3v) is 12.1. The number of amides is 3. The SMILES string of the molecule is CN1C(=O)[C@@H](N)COc2ccccc21.CO[C@@H](C(=O)N[C@H]1COc2ccccc2N(C)C1=O)[C@H](O)[C@@H](O)[C@H](O)/C=C/C1CCCC1.CO[C@H]1C(=O)O[C@@H]([C@H](O)/C=C/C2CCCC2)[C@H]1O.Cl. The van der Waals surface area contributed by atoms with Crippen molar-refractivity contribution < 1.29 is 68.4 Å². The Kier molecular flexibility index (Phi) is 20.6. The molecular formula is C46H65ClN4O14. The molecule has 0 spiro atoms. The summed E-state index contributed by atoms with van der Waals surface area (Å²) in [6.45, 7) is 0.133. The molecule has 2 aromatic rings. The van der Waals surface area contributed by atoms with E-state index in [1.807, 2.05) is 36.4 Å². The second-order valence-electron chi connectivity index (χ2n) is 16.5. The Balaban J connectivity index is 0.000000235. The van der Waals surface area contributed by atoms with Crippen molar-refractivity contribution in [2.75, 3.05) is 51.3 Å². The Hall–Kier alpha value is -4.63. The van der Waals surface area contributed by atoms with E-state index in [2.05, 4.69) is 5.32 Å². The van der Waals surface area contributed by atoms with Gasteiger partial charge in [-0.3, -0.25) is 14.4 Å². The minimum Gasteiger partial charge on any atom is -0.489 e. The fourth-order valence-electron chi connectivity index (χ4n) is 8.22. The van der Waals surface area contributed by atoms with Gasteiger partial charge in [-0.1, -0.05) is 74.3 Å². The summed E-state index contributed by atoms with van der Waals surface area (Å²) in [5.41, 5.74) is 6.98. The molecule has 3 aliphatic heterocycles. The van der Waals surface area contributed by atoms with E-state index in [0.717, 1.165) is 44.2 Å². The van der Waals surface area contributed by atoms with Gasteiger partial charge in [-0.15, -0.1) is 12.4 Å². The number of nitrogens with zero attached hydrogens (tertiary/aromatic N) is 2. The standard InChI is InChI=1S/C23H32N2O7.C13H20O5.C10H12N2O2.ClH/c1-25-16-9-5-6-10-18(16)32-13-15(23(25)30)24-22(29)21(31-2)20(28)19(27)17(26)12-11-14-7-3-4-8-14;1-17-12-10(15)11(18-13(12)16)9(14)7-6-8-4-2-3-5-8;1-12-8-4-2-3-5-9(8)14-6-7(11)10(12)13;/h5-6,9-12,14-15,17,19-21,26-28H,3-4,7-8,13H2,1-2H3,(H,24,29);6-12,14-15H,2-5H2,1H3;2-5,7H,6,11H2,1H3;1H/b12-11+;7-6+;;/t15-,17+,19-,20+,21+;9-,10-,11+,12-;7-;/m010./s1. The van der Waals surface area contributed by atoms with Crippen LogP contribution in [0, 0.1) is 11.8 Å². The van der Waals surface area contributed by atoms with E-state index in [-0.39, 0.29) is 31.5 Å². The van der Waals surface area contributed by atoms with Crippen molar-refractivity contribution in [3.8, 4) is 11.5 Å². The van der Waals surface area contributed by atoms with Crippen molar-refractivity contribution in [1.82, 2.24) is 5.32 Å². The van der Waals surface area contributed by atoms with Gasteiger partial charge >= 0.3 is 5.97 Å². The van der Waals surface area contributed by atoms with Crippen LogP contribution >= 0.6 is 12.4 Å². The summed E-state index contributed by atoms with van der Waals surface area (Å²) in [5, 5.41) is 53.4. The second-order valence-corrected chi connectivity index (χ2v) is 16.5. The molecule has 0 radical (unpaired) electrons. The van der Waals surface area contributed by atoms with E-state index in [0.29, 0.717) is 29.0 Å². The molecule has 1 saturated heterocycles. The number of likely N-dealkylation sites (N-methyl/N-ethyl adjacent to an activating group) is 2. The van der Waals surface area contributed by atoms with Crippen molar-refractivity contribution >= 4 is 47.5 Å². The number of aliphatic hydroxyl groups is 5. The first-order chi connectivity index (χ1) is 30.7. The third kappa shape index (κ3) is 13.7. The molecule has 2 aromatic carbocycles. The Morgan fingerprint density at radius 3 is 1.82 bits per heavy atom. The number of carbonyl (C=O) groups excluding carboxylic acids is 4. The molecule has 7 rings (SSSR count). The number of halogens is 1. The van der Waals surface area contributed by atoms with Gasteiger partial charge in [0.05, 0.1) is 11.4 Å². The fourth-order valence-corrected chi connectivity index (χ4v) is 8.22. The summed E-state index contributed by atoms with van der Waals surface area (Å²) in [6.07, 6.45) is 5.66. The maximum atomic E-state index is 12.8. The molecule has 3 fully saturated rings. The third-order valence-electron chi connectivity index (χ3n) is 12.1. The Morgan fingerprint density at radius 2 is 1.29 bits per heavy atom. The monoisotopic (exact) mass is 932 g/mol. The number of para-hydroxylation sites is 4. The number of cyclic esters (lactones) is 1. The van der Waals surface area contributed by atoms with Crippen LogP contribution in [0.4, 0.5) is 11.4 Å². The summed E-state index contributed by atoms with van der Waals surface area (Å²) in [6, 6.07) is 12.8. The Morgan fingerprint density at radius 1 is 0.785 bits per heavy atom. The van der Waals surface area contributed by atoms with Crippen LogP contribution in [0.3, 0.4) is 0 Å². The highest BCUT2D eigenvalue weighted by Gasteiger charge is 2.47. The maximum absolute atomic E-state index is 12.8. The van der Waals surface area contributed by atoms with E-state index in [4.69, 9.17) is 29.4 Å². The fraction of sp³-hybridized carbons (Fsp3) is 0.565. The number of fused-ring (bicyclic) bond motifs is 2. The molecule has 5 aliphatic rings. The number of esters is 1. The molecule has 360 valence electrons. The lowest BCUT2D eigenvalue weighted by Crippen LogP contribution is -2.56. The molecular weight excluding hydrogens is 868 g/mol. The average molecular weight is 933 g/mol. The van der Waals surface area contributed by atoms with Crippen molar-refractivity contribution in [1.29, 1.82) is 0 Å². The summed E-state index contributed by atoms with van der Waals surface area (Å²) in [4.78, 5) is 51.5. The predicted octanol–water partition coefficient (Wildman–Crippen LogP) is 1.56. The number of aliphatic hydroxyl groups excluding tert-OH is 5. The lowest BCUT2D eigenvalue weighted by Gasteiger charge is -2.28. The number of hydrogen-bond acceptors (Lipinski definition) is 15. The molecule has 0 aromatic heterocycles.